The van der Waals surface area contributed by atoms with Gasteiger partial charge < -0.3 is 33.8 Å². The highest BCUT2D eigenvalue weighted by atomic mass is 31.2. The largest absolute Gasteiger partial charge is 0.472 e. The molecule has 0 rings (SSSR count). The Bertz CT molecular complexity index is 2170. The van der Waals surface area contributed by atoms with E-state index in [1.54, 1.807) is 0 Å². The Kier molecular flexibility index (Phi) is 73.6. The van der Waals surface area contributed by atoms with E-state index in [9.17, 15) is 43.2 Å². The molecule has 0 saturated heterocycles. The summed E-state index contributed by atoms with van der Waals surface area (Å²) in [6, 6.07) is 0. The van der Waals surface area contributed by atoms with Gasteiger partial charge in [-0.3, -0.25) is 37.3 Å². The minimum atomic E-state index is -4.99. The monoisotopic (exact) mass is 1480 g/mol. The van der Waals surface area contributed by atoms with Crippen LogP contribution in [-0.4, -0.2) is 96.7 Å². The van der Waals surface area contributed by atoms with E-state index in [0.29, 0.717) is 32.1 Å². The van der Waals surface area contributed by atoms with Crippen molar-refractivity contribution in [3.8, 4) is 0 Å². The van der Waals surface area contributed by atoms with Crippen molar-refractivity contribution in [2.75, 3.05) is 39.6 Å². The molecule has 0 aliphatic heterocycles. The second kappa shape index (κ2) is 76.0. The van der Waals surface area contributed by atoms with E-state index >= 15 is 0 Å². The Morgan fingerprint density at radius 3 is 0.804 bits per heavy atom. The van der Waals surface area contributed by atoms with Crippen LogP contribution in [0.3, 0.4) is 0 Å². The fourth-order valence-corrected chi connectivity index (χ4v) is 13.2. The number of rotatable bonds is 79. The van der Waals surface area contributed by atoms with Crippen LogP contribution in [0.25, 0.3) is 0 Å². The van der Waals surface area contributed by atoms with Crippen molar-refractivity contribution < 1.29 is 80.2 Å². The molecule has 0 aliphatic rings. The average Bonchev–Trinajstić information content (AvgIpc) is 0.908. The maximum Gasteiger partial charge on any atom is 0.472 e. The van der Waals surface area contributed by atoms with Gasteiger partial charge in [0.05, 0.1) is 26.4 Å². The molecule has 0 aromatic heterocycles. The summed E-state index contributed by atoms with van der Waals surface area (Å²) in [7, 11) is -9.96. The summed E-state index contributed by atoms with van der Waals surface area (Å²) in [6.45, 7) is 4.86. The molecule has 0 spiro atoms. The van der Waals surface area contributed by atoms with Gasteiger partial charge >= 0.3 is 39.5 Å². The topological polar surface area (TPSA) is 237 Å². The van der Waals surface area contributed by atoms with Gasteiger partial charge in [-0.25, -0.2) is 9.13 Å². The molecule has 0 saturated carbocycles. The number of aliphatic hydroxyl groups excluding tert-OH is 1. The van der Waals surface area contributed by atoms with Gasteiger partial charge in [0, 0.05) is 25.7 Å². The first kappa shape index (κ1) is 98.8. The number of carbonyl (C=O) groups excluding carboxylic acids is 4. The van der Waals surface area contributed by atoms with Crippen molar-refractivity contribution in [2.24, 2.45) is 0 Å². The first-order valence-corrected chi connectivity index (χ1v) is 44.5. The normalized spacial score (nSPS) is 14.1. The molecular formula is C83H152O17P2. The van der Waals surface area contributed by atoms with E-state index in [-0.39, 0.29) is 25.7 Å². The third-order valence-corrected chi connectivity index (χ3v) is 19.9. The number of hydrogen-bond donors (Lipinski definition) is 3. The van der Waals surface area contributed by atoms with Crippen molar-refractivity contribution in [3.63, 3.8) is 0 Å². The molecule has 2 unspecified atom stereocenters. The van der Waals surface area contributed by atoms with Crippen LogP contribution >= 0.6 is 15.6 Å². The van der Waals surface area contributed by atoms with Gasteiger partial charge in [0.1, 0.15) is 19.3 Å². The highest BCUT2D eigenvalue weighted by Gasteiger charge is 2.30. The van der Waals surface area contributed by atoms with Crippen molar-refractivity contribution in [1.29, 1.82) is 0 Å². The number of phosphoric ester groups is 2. The number of ether oxygens (including phenoxy) is 4. The third kappa shape index (κ3) is 75.0. The van der Waals surface area contributed by atoms with Gasteiger partial charge in [0.15, 0.2) is 12.2 Å². The first-order chi connectivity index (χ1) is 49.7. The SMILES string of the molecule is CCCCC/C=C\C/C=C\C/C=C\C/C=C\CCCC(=O)O[C@H](COC(=O)CCCCCCCCCCCCCCCCCCC)COP(=O)(O)OC[C@H](O)COP(=O)(O)OC[C@@H](COC(=O)CCCCCCC/C=C\CCCCCCCC)OC(=O)CCCCCCCCCCCCCCC. The lowest BCUT2D eigenvalue weighted by Gasteiger charge is -2.21. The molecule has 0 bridgehead atoms. The van der Waals surface area contributed by atoms with E-state index < -0.39 is 97.5 Å². The molecule has 102 heavy (non-hydrogen) atoms. The van der Waals surface area contributed by atoms with E-state index in [1.807, 2.05) is 12.2 Å². The Balaban J connectivity index is 5.36. The summed E-state index contributed by atoms with van der Waals surface area (Å²) in [5.41, 5.74) is 0. The number of esters is 4. The second-order valence-corrected chi connectivity index (χ2v) is 31.0. The fraction of sp³-hybridized carbons (Fsp3) is 0.831. The molecule has 3 N–H and O–H groups in total. The maximum absolute atomic E-state index is 13.1. The fourth-order valence-electron chi connectivity index (χ4n) is 11.6. The maximum atomic E-state index is 13.1. The van der Waals surface area contributed by atoms with Crippen molar-refractivity contribution >= 4 is 39.5 Å². The Morgan fingerprint density at radius 2 is 0.490 bits per heavy atom. The zero-order chi connectivity index (χ0) is 74.6. The Morgan fingerprint density at radius 1 is 0.275 bits per heavy atom. The number of allylic oxidation sites excluding steroid dienone is 10. The highest BCUT2D eigenvalue weighted by Crippen LogP contribution is 2.45. The minimum absolute atomic E-state index is 0.0245. The van der Waals surface area contributed by atoms with Crippen molar-refractivity contribution in [2.45, 2.75) is 406 Å². The standard InChI is InChI=1S/C83H152O17P2/c1-5-9-13-17-21-25-29-33-36-38-41-45-48-52-56-60-64-68-81(86)94-74-79(100-83(88)70-66-62-58-54-50-46-42-39-37-34-30-26-22-18-14-10-6-2)76-98-102(91,92)96-72-77(84)71-95-101(89,90)97-75-78(99-82(87)69-65-61-57-53-49-43-32-28-24-20-16-12-8-4)73-93-80(85)67-63-59-55-51-47-44-40-35-31-27-23-19-15-11-7-3/h22,26,34-35,37,40,42,46,54,58,77-79,84H,5-21,23-25,27-33,36,38-39,41,43-45,47-53,55-57,59-76H2,1-4H3,(H,89,90)(H,91,92)/b26-22-,37-34-,40-35-,46-42-,58-54-/t77-,78-,79-/m1/s1. The predicted molar refractivity (Wildman–Crippen MR) is 418 cm³/mol. The summed E-state index contributed by atoms with van der Waals surface area (Å²) in [6.07, 6.45) is 76.3. The molecule has 5 atom stereocenters. The number of hydrogen-bond acceptors (Lipinski definition) is 15. The molecule has 0 aromatic carbocycles. The second-order valence-electron chi connectivity index (χ2n) is 28.1. The summed E-state index contributed by atoms with van der Waals surface area (Å²) < 4.78 is 68.6. The van der Waals surface area contributed by atoms with Gasteiger partial charge in [-0.05, 0) is 89.9 Å². The van der Waals surface area contributed by atoms with Gasteiger partial charge in [0.25, 0.3) is 0 Å². The smallest absolute Gasteiger partial charge is 0.462 e. The average molecular weight is 1480 g/mol. The zero-order valence-corrected chi connectivity index (χ0v) is 67.1. The van der Waals surface area contributed by atoms with Crippen LogP contribution < -0.4 is 0 Å². The predicted octanol–water partition coefficient (Wildman–Crippen LogP) is 24.2. The number of unbranched alkanes of at least 4 members (excludes halogenated alkanes) is 43. The lowest BCUT2D eigenvalue weighted by molar-refractivity contribution is -0.161. The van der Waals surface area contributed by atoms with E-state index in [4.69, 9.17) is 37.0 Å². The molecule has 0 heterocycles. The molecule has 17 nitrogen and oxygen atoms in total. The van der Waals surface area contributed by atoms with Gasteiger partial charge in [0.2, 0.25) is 0 Å². The number of phosphoric acid groups is 2. The molecular weight excluding hydrogens is 1330 g/mol. The van der Waals surface area contributed by atoms with Crippen LogP contribution in [0.2, 0.25) is 0 Å². The minimum Gasteiger partial charge on any atom is -0.462 e. The van der Waals surface area contributed by atoms with Crippen LogP contribution in [0.5, 0.6) is 0 Å². The lowest BCUT2D eigenvalue weighted by Crippen LogP contribution is -2.30. The van der Waals surface area contributed by atoms with Gasteiger partial charge in [-0.1, -0.05) is 332 Å². The third-order valence-electron chi connectivity index (χ3n) is 18.0. The van der Waals surface area contributed by atoms with Crippen LogP contribution in [0.1, 0.15) is 387 Å². The van der Waals surface area contributed by atoms with Gasteiger partial charge in [-0.15, -0.1) is 0 Å². The first-order valence-electron chi connectivity index (χ1n) is 41.5. The molecule has 0 aliphatic carbocycles. The van der Waals surface area contributed by atoms with Crippen LogP contribution in [0, 0.1) is 0 Å². The molecule has 0 amide bonds. The number of carbonyl (C=O) groups is 4. The summed E-state index contributed by atoms with van der Waals surface area (Å²) >= 11 is 0. The van der Waals surface area contributed by atoms with Crippen molar-refractivity contribution in [1.82, 2.24) is 0 Å². The molecule has 596 valence electrons. The Labute approximate surface area is 622 Å². The molecule has 0 fully saturated rings. The van der Waals surface area contributed by atoms with E-state index in [2.05, 4.69) is 76.3 Å². The van der Waals surface area contributed by atoms with Crippen molar-refractivity contribution in [3.05, 3.63) is 60.8 Å². The molecule has 0 aromatic rings. The lowest BCUT2D eigenvalue weighted by atomic mass is 10.0. The van der Waals surface area contributed by atoms with Gasteiger partial charge in [-0.2, -0.15) is 0 Å². The summed E-state index contributed by atoms with van der Waals surface area (Å²) in [5.74, 6) is -2.21. The van der Waals surface area contributed by atoms with Crippen LogP contribution in [0.4, 0.5) is 0 Å². The van der Waals surface area contributed by atoms with Crippen LogP contribution in [0.15, 0.2) is 60.8 Å². The van der Waals surface area contributed by atoms with E-state index in [1.165, 1.54) is 193 Å². The molecule has 19 heteroatoms. The molecule has 0 radical (unpaired) electrons. The van der Waals surface area contributed by atoms with E-state index in [0.717, 1.165) is 109 Å². The quantitative estimate of drug-likeness (QED) is 0.0169. The highest BCUT2D eigenvalue weighted by molar-refractivity contribution is 7.47. The Hall–Kier alpha value is -3.24. The van der Waals surface area contributed by atoms with Crippen LogP contribution in [-0.2, 0) is 65.4 Å². The summed E-state index contributed by atoms with van der Waals surface area (Å²) in [5, 5.41) is 10.6. The number of aliphatic hydroxyl groups is 1. The summed E-state index contributed by atoms with van der Waals surface area (Å²) in [4.78, 5) is 73.0. The zero-order valence-electron chi connectivity index (χ0n) is 65.3.